The van der Waals surface area contributed by atoms with Crippen molar-refractivity contribution in [1.29, 1.82) is 0 Å². The van der Waals surface area contributed by atoms with E-state index in [1.54, 1.807) is 17.0 Å². The minimum Gasteiger partial charge on any atom is -0.465 e. The van der Waals surface area contributed by atoms with Crippen molar-refractivity contribution in [3.05, 3.63) is 51.3 Å². The van der Waals surface area contributed by atoms with Crippen LogP contribution in [0.1, 0.15) is 43.5 Å². The molecule has 0 bridgehead atoms. The Hall–Kier alpha value is -2.78. The van der Waals surface area contributed by atoms with Crippen LogP contribution in [0.4, 0.5) is 15.5 Å². The molecule has 0 unspecified atom stereocenters. The summed E-state index contributed by atoms with van der Waals surface area (Å²) in [6, 6.07) is 5.27. The van der Waals surface area contributed by atoms with Gasteiger partial charge < -0.3 is 25.5 Å². The summed E-state index contributed by atoms with van der Waals surface area (Å²) in [6.07, 6.45) is 2.38. The fourth-order valence-electron chi connectivity index (χ4n) is 4.45. The van der Waals surface area contributed by atoms with Gasteiger partial charge in [0.05, 0.1) is 27.8 Å². The van der Waals surface area contributed by atoms with E-state index < -0.39 is 11.6 Å². The molecular formula is C23H28Cl2N6O3. The molecular weight excluding hydrogens is 479 g/mol. The second-order valence-corrected chi connectivity index (χ2v) is 9.86. The quantitative estimate of drug-likeness (QED) is 0.568. The Morgan fingerprint density at radius 2 is 1.85 bits per heavy atom. The molecule has 34 heavy (non-hydrogen) atoms. The average molecular weight is 507 g/mol. The van der Waals surface area contributed by atoms with Gasteiger partial charge in [-0.25, -0.2) is 19.6 Å². The van der Waals surface area contributed by atoms with Gasteiger partial charge in [0.25, 0.3) is 0 Å². The first-order chi connectivity index (χ1) is 16.2. The molecule has 1 aromatic carbocycles. The molecule has 1 saturated heterocycles. The number of amides is 3. The van der Waals surface area contributed by atoms with Crippen LogP contribution >= 0.6 is 23.2 Å². The third-order valence-electron chi connectivity index (χ3n) is 6.36. The maximum atomic E-state index is 13.5. The maximum absolute atomic E-state index is 13.5. The largest absolute Gasteiger partial charge is 0.465 e. The lowest BCUT2D eigenvalue weighted by atomic mass is 9.81. The molecule has 182 valence electrons. The molecule has 0 atom stereocenters. The van der Waals surface area contributed by atoms with Crippen LogP contribution in [0.2, 0.25) is 10.0 Å². The number of rotatable bonds is 4. The molecule has 2 aromatic rings. The third kappa shape index (κ3) is 5.15. The van der Waals surface area contributed by atoms with Crippen molar-refractivity contribution in [2.75, 3.05) is 25.0 Å². The molecule has 0 radical (unpaired) electrons. The highest BCUT2D eigenvalue weighted by molar-refractivity contribution is 6.42. The Morgan fingerprint density at radius 3 is 2.50 bits per heavy atom. The zero-order valence-corrected chi connectivity index (χ0v) is 20.7. The monoisotopic (exact) mass is 506 g/mol. The predicted octanol–water partition coefficient (Wildman–Crippen LogP) is 4.34. The highest BCUT2D eigenvalue weighted by atomic mass is 35.5. The van der Waals surface area contributed by atoms with Crippen LogP contribution in [-0.2, 0) is 18.5 Å². The van der Waals surface area contributed by atoms with Crippen molar-refractivity contribution in [2.24, 2.45) is 0 Å². The number of carbonyl (C=O) groups is 2. The Kier molecular flexibility index (Phi) is 7.04. The summed E-state index contributed by atoms with van der Waals surface area (Å²) in [7, 11) is 0. The number of halogens is 2. The molecule has 3 heterocycles. The third-order valence-corrected chi connectivity index (χ3v) is 7.10. The zero-order chi connectivity index (χ0) is 24.5. The van der Waals surface area contributed by atoms with E-state index in [4.69, 9.17) is 23.2 Å². The Bertz CT molecular complexity index is 1090. The fourth-order valence-corrected chi connectivity index (χ4v) is 4.75. The van der Waals surface area contributed by atoms with E-state index in [0.717, 1.165) is 16.8 Å². The first kappa shape index (κ1) is 24.3. The van der Waals surface area contributed by atoms with Crippen molar-refractivity contribution in [2.45, 2.75) is 51.2 Å². The molecule has 0 spiro atoms. The van der Waals surface area contributed by atoms with Gasteiger partial charge >= 0.3 is 12.1 Å². The van der Waals surface area contributed by atoms with Crippen molar-refractivity contribution in [3.8, 4) is 0 Å². The zero-order valence-electron chi connectivity index (χ0n) is 19.1. The topological polar surface area (TPSA) is 111 Å². The van der Waals surface area contributed by atoms with Crippen LogP contribution < -0.4 is 10.6 Å². The van der Waals surface area contributed by atoms with Crippen LogP contribution in [0.3, 0.4) is 0 Å². The Balaban J connectivity index is 1.55. The number of carbonyl (C=O) groups excluding carboxylic acids is 1. The molecule has 9 nitrogen and oxygen atoms in total. The van der Waals surface area contributed by atoms with Crippen LogP contribution in [0.25, 0.3) is 0 Å². The van der Waals surface area contributed by atoms with E-state index in [2.05, 4.69) is 20.6 Å². The van der Waals surface area contributed by atoms with E-state index in [-0.39, 0.29) is 12.1 Å². The van der Waals surface area contributed by atoms with Gasteiger partial charge in [0.15, 0.2) is 0 Å². The Morgan fingerprint density at radius 1 is 1.12 bits per heavy atom. The number of benzene rings is 1. The Labute approximate surface area is 208 Å². The SMILES string of the molecule is CC(C)Nc1ncc2c(n1)CN(C(=O)NC1(c3ccc(Cl)c(Cl)c3)CCN(C(=O)O)CC1)CC2. The summed E-state index contributed by atoms with van der Waals surface area (Å²) >= 11 is 12.4. The second-order valence-electron chi connectivity index (χ2n) is 9.05. The minimum atomic E-state index is -0.966. The number of nitrogens with zero attached hydrogens (tertiary/aromatic N) is 4. The summed E-state index contributed by atoms with van der Waals surface area (Å²) in [6.45, 7) is 5.54. The number of piperidine rings is 1. The van der Waals surface area contributed by atoms with Crippen molar-refractivity contribution < 1.29 is 14.7 Å². The predicted molar refractivity (Wildman–Crippen MR) is 130 cm³/mol. The molecule has 0 saturated carbocycles. The van der Waals surface area contributed by atoms with E-state index in [1.807, 2.05) is 26.1 Å². The molecule has 3 N–H and O–H groups in total. The van der Waals surface area contributed by atoms with Gasteiger partial charge in [0.1, 0.15) is 0 Å². The first-order valence-electron chi connectivity index (χ1n) is 11.3. The van der Waals surface area contributed by atoms with Gasteiger partial charge in [-0.05, 0) is 56.4 Å². The summed E-state index contributed by atoms with van der Waals surface area (Å²) < 4.78 is 0. The highest BCUT2D eigenvalue weighted by Crippen LogP contribution is 2.36. The van der Waals surface area contributed by atoms with E-state index in [1.165, 1.54) is 4.90 Å². The number of carboxylic acid groups (broad SMARTS) is 1. The number of hydrogen-bond donors (Lipinski definition) is 3. The lowest BCUT2D eigenvalue weighted by molar-refractivity contribution is 0.104. The van der Waals surface area contributed by atoms with Gasteiger partial charge in [0, 0.05) is 31.9 Å². The van der Waals surface area contributed by atoms with Gasteiger partial charge in [0.2, 0.25) is 5.95 Å². The number of hydrogen-bond acceptors (Lipinski definition) is 5. The maximum Gasteiger partial charge on any atom is 0.407 e. The molecule has 2 aliphatic heterocycles. The fraction of sp³-hybridized carbons (Fsp3) is 0.478. The van der Waals surface area contributed by atoms with Gasteiger partial charge in [-0.2, -0.15) is 0 Å². The lowest BCUT2D eigenvalue weighted by Gasteiger charge is -2.43. The molecule has 2 aliphatic rings. The average Bonchev–Trinajstić information content (AvgIpc) is 2.80. The smallest absolute Gasteiger partial charge is 0.407 e. The normalized spacial score (nSPS) is 17.3. The van der Waals surface area contributed by atoms with E-state index in [9.17, 15) is 14.7 Å². The van der Waals surface area contributed by atoms with Gasteiger partial charge in [-0.3, -0.25) is 0 Å². The molecule has 4 rings (SSSR count). The van der Waals surface area contributed by atoms with Crippen LogP contribution in [0.5, 0.6) is 0 Å². The van der Waals surface area contributed by atoms with Crippen LogP contribution in [-0.4, -0.2) is 62.7 Å². The van der Waals surface area contributed by atoms with Crippen molar-refractivity contribution in [3.63, 3.8) is 0 Å². The van der Waals surface area contributed by atoms with Gasteiger partial charge in [-0.1, -0.05) is 29.3 Å². The van der Waals surface area contributed by atoms with Crippen molar-refractivity contribution >= 4 is 41.3 Å². The molecule has 3 amide bonds. The summed E-state index contributed by atoms with van der Waals surface area (Å²) in [5, 5.41) is 16.6. The van der Waals surface area contributed by atoms with E-state index in [0.29, 0.717) is 61.4 Å². The number of fused-ring (bicyclic) bond motifs is 1. The first-order valence-corrected chi connectivity index (χ1v) is 12.0. The number of aromatic nitrogens is 2. The number of urea groups is 1. The lowest BCUT2D eigenvalue weighted by Crippen LogP contribution is -2.57. The highest BCUT2D eigenvalue weighted by Gasteiger charge is 2.40. The van der Waals surface area contributed by atoms with Gasteiger partial charge in [-0.15, -0.1) is 0 Å². The summed E-state index contributed by atoms with van der Waals surface area (Å²) in [5.74, 6) is 0.546. The van der Waals surface area contributed by atoms with E-state index >= 15 is 0 Å². The number of anilines is 1. The number of nitrogens with one attached hydrogen (secondary N) is 2. The minimum absolute atomic E-state index is 0.198. The summed E-state index contributed by atoms with van der Waals surface area (Å²) in [4.78, 5) is 37.0. The molecule has 1 fully saturated rings. The van der Waals surface area contributed by atoms with Crippen molar-refractivity contribution in [1.82, 2.24) is 25.1 Å². The summed E-state index contributed by atoms with van der Waals surface area (Å²) in [5.41, 5.74) is 1.91. The second kappa shape index (κ2) is 9.84. The van der Waals surface area contributed by atoms with Crippen LogP contribution in [0, 0.1) is 0 Å². The molecule has 1 aromatic heterocycles. The molecule has 0 aliphatic carbocycles. The molecule has 11 heteroatoms. The van der Waals surface area contributed by atoms with Crippen LogP contribution in [0.15, 0.2) is 24.4 Å². The number of likely N-dealkylation sites (tertiary alicyclic amines) is 1. The standard InChI is InChI=1S/C23H28Cl2N6O3/c1-14(2)27-20-26-12-15-5-8-31(13-19(15)28-20)21(32)29-23(6-9-30(10-7-23)22(33)34)16-3-4-17(24)18(25)11-16/h3-4,11-12,14H,5-10,13H2,1-2H3,(H,29,32)(H,33,34)(H,26,27,28).